The van der Waals surface area contributed by atoms with Crippen LogP contribution < -0.4 is 0 Å². The molecule has 0 saturated heterocycles. The Kier molecular flexibility index (Phi) is 3.43. The summed E-state index contributed by atoms with van der Waals surface area (Å²) >= 11 is 0. The third kappa shape index (κ3) is 2.94. The van der Waals surface area contributed by atoms with E-state index in [9.17, 15) is 4.79 Å². The van der Waals surface area contributed by atoms with Crippen LogP contribution in [0.25, 0.3) is 0 Å². The van der Waals surface area contributed by atoms with Crippen LogP contribution in [-0.4, -0.2) is 20.7 Å². The predicted octanol–water partition coefficient (Wildman–Crippen LogP) is 3.08. The molecule has 1 aliphatic rings. The highest BCUT2D eigenvalue weighted by Crippen LogP contribution is 2.59. The summed E-state index contributed by atoms with van der Waals surface area (Å²) in [5.74, 6) is 0.0531. The molecule has 15 heavy (non-hydrogen) atoms. The summed E-state index contributed by atoms with van der Waals surface area (Å²) in [6.07, 6.45) is 2.92. The van der Waals surface area contributed by atoms with Crippen LogP contribution in [0, 0.1) is 11.3 Å². The third-order valence-corrected chi connectivity index (χ3v) is 4.67. The van der Waals surface area contributed by atoms with Crippen LogP contribution in [-0.2, 0) is 9.53 Å². The van der Waals surface area contributed by atoms with Crippen molar-refractivity contribution in [1.82, 2.24) is 0 Å². The van der Waals surface area contributed by atoms with Gasteiger partial charge in [0.25, 0.3) is 0 Å². The quantitative estimate of drug-likeness (QED) is 0.409. The molecule has 0 aliphatic heterocycles. The molecule has 0 aromatic rings. The minimum Gasteiger partial charge on any atom is -0.466 e. The summed E-state index contributed by atoms with van der Waals surface area (Å²) in [4.78, 5) is 11.6. The van der Waals surface area contributed by atoms with Gasteiger partial charge in [0.2, 0.25) is 0 Å². The molecule has 1 aliphatic carbocycles. The smallest absolute Gasteiger partial charge is 0.309 e. The average molecular weight is 226 g/mol. The van der Waals surface area contributed by atoms with Crippen LogP contribution in [0.3, 0.4) is 0 Å². The molecule has 0 radical (unpaired) electrons. The maximum absolute atomic E-state index is 11.6. The van der Waals surface area contributed by atoms with Crippen LogP contribution in [0.5, 0.6) is 0 Å². The fourth-order valence-corrected chi connectivity index (χ4v) is 4.87. The SMILES string of the molecule is C=CC1(C[Si](C)(C)C)CC1C(=O)OCC. The Bertz CT molecular complexity index is 267. The molecule has 0 aromatic carbocycles. The van der Waals surface area contributed by atoms with Crippen LogP contribution >= 0.6 is 0 Å². The fourth-order valence-electron chi connectivity index (χ4n) is 2.36. The van der Waals surface area contributed by atoms with Crippen LogP contribution in [0.2, 0.25) is 25.7 Å². The Balaban J connectivity index is 2.61. The standard InChI is InChI=1S/C12H22O2Si/c1-6-12(9-15(3,4)5)8-10(12)11(13)14-7-2/h6,10H,1,7-9H2,2-5H3. The van der Waals surface area contributed by atoms with Crippen molar-refractivity contribution in [2.45, 2.75) is 39.0 Å². The van der Waals surface area contributed by atoms with E-state index in [2.05, 4.69) is 26.2 Å². The van der Waals surface area contributed by atoms with Gasteiger partial charge in [-0.3, -0.25) is 4.79 Å². The van der Waals surface area contributed by atoms with Crippen LogP contribution in [0.1, 0.15) is 13.3 Å². The summed E-state index contributed by atoms with van der Waals surface area (Å²) in [7, 11) is -1.14. The zero-order chi connectivity index (χ0) is 11.7. The molecule has 0 N–H and O–H groups in total. The lowest BCUT2D eigenvalue weighted by Crippen LogP contribution is -2.26. The summed E-state index contributed by atoms with van der Waals surface area (Å²) in [5.41, 5.74) is 0.0662. The number of carbonyl (C=O) groups is 1. The van der Waals surface area contributed by atoms with Gasteiger partial charge in [-0.1, -0.05) is 25.7 Å². The third-order valence-electron chi connectivity index (χ3n) is 2.96. The average Bonchev–Trinajstić information content (AvgIpc) is 2.78. The Hall–Kier alpha value is -0.573. The number of ether oxygens (including phenoxy) is 1. The van der Waals surface area contributed by atoms with Crippen molar-refractivity contribution in [3.63, 3.8) is 0 Å². The van der Waals surface area contributed by atoms with Gasteiger partial charge in [-0.15, -0.1) is 6.58 Å². The van der Waals surface area contributed by atoms with E-state index in [-0.39, 0.29) is 17.3 Å². The lowest BCUT2D eigenvalue weighted by Gasteiger charge is -2.22. The van der Waals surface area contributed by atoms with Gasteiger partial charge in [-0.25, -0.2) is 0 Å². The summed E-state index contributed by atoms with van der Waals surface area (Å²) < 4.78 is 5.07. The van der Waals surface area contributed by atoms with Crippen molar-refractivity contribution in [2.24, 2.45) is 11.3 Å². The van der Waals surface area contributed by atoms with Gasteiger partial charge in [0.05, 0.1) is 12.5 Å². The molecule has 1 saturated carbocycles. The second-order valence-corrected chi connectivity index (χ2v) is 11.2. The van der Waals surface area contributed by atoms with E-state index in [1.165, 1.54) is 0 Å². The van der Waals surface area contributed by atoms with Crippen molar-refractivity contribution in [3.05, 3.63) is 12.7 Å². The summed E-state index contributed by atoms with van der Waals surface area (Å²) in [6, 6.07) is 1.15. The first-order chi connectivity index (χ1) is 6.84. The Labute approximate surface area is 93.7 Å². The van der Waals surface area contributed by atoms with Crippen molar-refractivity contribution in [2.75, 3.05) is 6.61 Å². The van der Waals surface area contributed by atoms with E-state index < -0.39 is 8.07 Å². The first kappa shape index (κ1) is 12.5. The Morgan fingerprint density at radius 3 is 2.60 bits per heavy atom. The van der Waals surface area contributed by atoms with E-state index >= 15 is 0 Å². The normalized spacial score (nSPS) is 29.7. The number of esters is 1. The number of hydrogen-bond donors (Lipinski definition) is 0. The number of rotatable bonds is 5. The number of allylic oxidation sites excluding steroid dienone is 1. The van der Waals surface area contributed by atoms with E-state index in [1.54, 1.807) is 0 Å². The van der Waals surface area contributed by atoms with Crippen molar-refractivity contribution >= 4 is 14.0 Å². The van der Waals surface area contributed by atoms with Gasteiger partial charge in [-0.05, 0) is 24.8 Å². The molecule has 1 rings (SSSR count). The second kappa shape index (κ2) is 4.12. The molecule has 1 fully saturated rings. The molecule has 0 aromatic heterocycles. The highest BCUT2D eigenvalue weighted by Gasteiger charge is 2.58. The van der Waals surface area contributed by atoms with Crippen LogP contribution in [0.4, 0.5) is 0 Å². The molecule has 2 nitrogen and oxygen atoms in total. The van der Waals surface area contributed by atoms with Gasteiger partial charge < -0.3 is 4.74 Å². The largest absolute Gasteiger partial charge is 0.466 e. The van der Waals surface area contributed by atoms with E-state index in [4.69, 9.17) is 4.74 Å². The van der Waals surface area contributed by atoms with Gasteiger partial charge in [0.15, 0.2) is 0 Å². The zero-order valence-corrected chi connectivity index (χ0v) is 11.3. The monoisotopic (exact) mass is 226 g/mol. The first-order valence-corrected chi connectivity index (χ1v) is 9.35. The number of carbonyl (C=O) groups excluding carboxylic acids is 1. The Morgan fingerprint density at radius 1 is 1.60 bits per heavy atom. The van der Waals surface area contributed by atoms with E-state index in [0.29, 0.717) is 6.61 Å². The predicted molar refractivity (Wildman–Crippen MR) is 65.5 cm³/mol. The van der Waals surface area contributed by atoms with Gasteiger partial charge in [0.1, 0.15) is 0 Å². The van der Waals surface area contributed by atoms with Crippen molar-refractivity contribution in [3.8, 4) is 0 Å². The molecule has 2 atom stereocenters. The highest BCUT2D eigenvalue weighted by molar-refractivity contribution is 6.76. The molecule has 3 heteroatoms. The molecular weight excluding hydrogens is 204 g/mol. The lowest BCUT2D eigenvalue weighted by molar-refractivity contribution is -0.145. The van der Waals surface area contributed by atoms with Gasteiger partial charge in [-0.2, -0.15) is 0 Å². The lowest BCUT2D eigenvalue weighted by atomic mass is 10.1. The number of hydrogen-bond acceptors (Lipinski definition) is 2. The molecule has 0 amide bonds. The van der Waals surface area contributed by atoms with Crippen molar-refractivity contribution < 1.29 is 9.53 Å². The van der Waals surface area contributed by atoms with Crippen molar-refractivity contribution in [1.29, 1.82) is 0 Å². The topological polar surface area (TPSA) is 26.3 Å². The highest BCUT2D eigenvalue weighted by atomic mass is 28.3. The zero-order valence-electron chi connectivity index (χ0n) is 10.3. The Morgan fingerprint density at radius 2 is 2.20 bits per heavy atom. The molecule has 0 bridgehead atoms. The van der Waals surface area contributed by atoms with E-state index in [0.717, 1.165) is 12.5 Å². The summed E-state index contributed by atoms with van der Waals surface area (Å²) in [5, 5.41) is 0. The van der Waals surface area contributed by atoms with Gasteiger partial charge in [0, 0.05) is 8.07 Å². The molecule has 2 unspecified atom stereocenters. The fraction of sp³-hybridized carbons (Fsp3) is 0.750. The molecule has 0 heterocycles. The first-order valence-electron chi connectivity index (χ1n) is 5.65. The molecule has 0 spiro atoms. The minimum atomic E-state index is -1.14. The second-order valence-electron chi connectivity index (χ2n) is 5.68. The molecule has 86 valence electrons. The van der Waals surface area contributed by atoms with E-state index in [1.807, 2.05) is 13.0 Å². The molecular formula is C12H22O2Si. The maximum atomic E-state index is 11.6. The maximum Gasteiger partial charge on any atom is 0.309 e. The minimum absolute atomic E-state index is 0.0318. The van der Waals surface area contributed by atoms with Gasteiger partial charge >= 0.3 is 5.97 Å². The van der Waals surface area contributed by atoms with Crippen LogP contribution in [0.15, 0.2) is 12.7 Å². The summed E-state index contributed by atoms with van der Waals surface area (Å²) in [6.45, 7) is 13.2.